The first-order valence-corrected chi connectivity index (χ1v) is 7.40. The molecule has 1 atom stereocenters. The molecule has 0 spiro atoms. The van der Waals surface area contributed by atoms with Gasteiger partial charge in [0.15, 0.2) is 11.2 Å². The zero-order valence-electron chi connectivity index (χ0n) is 12.0. The molecule has 0 saturated carbocycles. The normalized spacial score (nSPS) is 15.3. The molecule has 5 nitrogen and oxygen atoms in total. The van der Waals surface area contributed by atoms with Crippen LogP contribution in [-0.4, -0.2) is 17.1 Å². The number of nitrogens with one attached hydrogen (secondary N) is 3. The molecule has 3 rings (SSSR count). The van der Waals surface area contributed by atoms with E-state index < -0.39 is 11.9 Å². The summed E-state index contributed by atoms with van der Waals surface area (Å²) in [5.74, 6) is -0.0730. The Morgan fingerprint density at radius 3 is 2.65 bits per heavy atom. The molecule has 0 aliphatic carbocycles. The van der Waals surface area contributed by atoms with Gasteiger partial charge in [-0.15, -0.1) is 0 Å². The number of hydrazine groups is 1. The molecule has 2 aromatic carbocycles. The number of carbonyl (C=O) groups is 1. The number of thiocarbonyl (C=S) groups is 1. The zero-order valence-corrected chi connectivity index (χ0v) is 12.8. The molecule has 1 amide bonds. The van der Waals surface area contributed by atoms with Gasteiger partial charge < -0.3 is 10.1 Å². The molecule has 0 saturated heterocycles. The summed E-state index contributed by atoms with van der Waals surface area (Å²) in [7, 11) is 0. The predicted octanol–water partition coefficient (Wildman–Crippen LogP) is 2.15. The van der Waals surface area contributed by atoms with Gasteiger partial charge in [0.2, 0.25) is 0 Å². The molecule has 7 heteroatoms. The maximum atomic E-state index is 13.5. The van der Waals surface area contributed by atoms with Gasteiger partial charge in [0.1, 0.15) is 11.6 Å². The van der Waals surface area contributed by atoms with E-state index in [2.05, 4.69) is 16.2 Å². The molecule has 0 radical (unpaired) electrons. The fourth-order valence-corrected chi connectivity index (χ4v) is 2.40. The van der Waals surface area contributed by atoms with Crippen molar-refractivity contribution in [2.75, 3.05) is 5.32 Å². The summed E-state index contributed by atoms with van der Waals surface area (Å²) in [6.07, 6.45) is -0.117. The highest BCUT2D eigenvalue weighted by Gasteiger charge is 2.28. The van der Waals surface area contributed by atoms with Gasteiger partial charge in [-0.2, -0.15) is 0 Å². The van der Waals surface area contributed by atoms with E-state index in [1.165, 1.54) is 6.07 Å². The van der Waals surface area contributed by atoms with E-state index >= 15 is 0 Å². The second-order valence-corrected chi connectivity index (χ2v) is 5.37. The van der Waals surface area contributed by atoms with Crippen LogP contribution in [0.1, 0.15) is 5.56 Å². The van der Waals surface area contributed by atoms with E-state index in [-0.39, 0.29) is 16.7 Å². The van der Waals surface area contributed by atoms with Crippen molar-refractivity contribution in [1.29, 1.82) is 0 Å². The van der Waals surface area contributed by atoms with Crippen LogP contribution in [0.5, 0.6) is 5.75 Å². The SMILES string of the molecule is O=C(NNC(=S)Nc1ccccc1F)[C@@H]1Cc2ccccc2O1. The lowest BCUT2D eigenvalue weighted by molar-refractivity contribution is -0.127. The summed E-state index contributed by atoms with van der Waals surface area (Å²) in [6, 6.07) is 13.6. The van der Waals surface area contributed by atoms with Crippen molar-refractivity contribution in [3.8, 4) is 5.75 Å². The lowest BCUT2D eigenvalue weighted by Crippen LogP contribution is -2.49. The molecular weight excluding hydrogens is 317 g/mol. The van der Waals surface area contributed by atoms with E-state index in [0.717, 1.165) is 5.56 Å². The molecule has 0 unspecified atom stereocenters. The summed E-state index contributed by atoms with van der Waals surface area (Å²) in [4.78, 5) is 12.1. The topological polar surface area (TPSA) is 62.4 Å². The van der Waals surface area contributed by atoms with Crippen molar-refractivity contribution in [3.05, 3.63) is 59.9 Å². The lowest BCUT2D eigenvalue weighted by atomic mass is 10.1. The van der Waals surface area contributed by atoms with E-state index in [1.807, 2.05) is 24.3 Å². The third kappa shape index (κ3) is 3.57. The predicted molar refractivity (Wildman–Crippen MR) is 88.5 cm³/mol. The first-order valence-electron chi connectivity index (χ1n) is 6.99. The number of hydrogen-bond acceptors (Lipinski definition) is 3. The zero-order chi connectivity index (χ0) is 16.2. The molecule has 0 aromatic heterocycles. The van der Waals surface area contributed by atoms with Crippen LogP contribution < -0.4 is 20.9 Å². The number of carbonyl (C=O) groups excluding carboxylic acids is 1. The third-order valence-corrected chi connectivity index (χ3v) is 3.56. The van der Waals surface area contributed by atoms with Crippen molar-refractivity contribution >= 4 is 28.9 Å². The molecule has 23 heavy (non-hydrogen) atoms. The van der Waals surface area contributed by atoms with Crippen LogP contribution in [0.2, 0.25) is 0 Å². The Bertz CT molecular complexity index is 729. The largest absolute Gasteiger partial charge is 0.480 e. The first-order chi connectivity index (χ1) is 11.1. The number of fused-ring (bicyclic) bond motifs is 1. The van der Waals surface area contributed by atoms with Gasteiger partial charge in [0.05, 0.1) is 5.69 Å². The minimum Gasteiger partial charge on any atom is -0.480 e. The number of hydrogen-bond donors (Lipinski definition) is 3. The number of halogens is 1. The van der Waals surface area contributed by atoms with Gasteiger partial charge in [-0.25, -0.2) is 4.39 Å². The molecule has 1 aliphatic rings. The molecule has 1 aliphatic heterocycles. The average molecular weight is 331 g/mol. The molecule has 0 bridgehead atoms. The van der Waals surface area contributed by atoms with E-state index in [0.29, 0.717) is 12.2 Å². The van der Waals surface area contributed by atoms with Crippen LogP contribution in [0, 0.1) is 5.82 Å². The quantitative estimate of drug-likeness (QED) is 0.581. The second-order valence-electron chi connectivity index (χ2n) is 4.97. The van der Waals surface area contributed by atoms with Gasteiger partial charge in [0, 0.05) is 6.42 Å². The summed E-state index contributed by atoms with van der Waals surface area (Å²) in [5, 5.41) is 2.75. The van der Waals surface area contributed by atoms with Gasteiger partial charge in [0.25, 0.3) is 5.91 Å². The number of rotatable bonds is 2. The van der Waals surface area contributed by atoms with Crippen molar-refractivity contribution in [2.45, 2.75) is 12.5 Å². The smallest absolute Gasteiger partial charge is 0.279 e. The molecule has 1 heterocycles. The Hall–Kier alpha value is -2.67. The highest BCUT2D eigenvalue weighted by Crippen LogP contribution is 2.27. The van der Waals surface area contributed by atoms with Crippen LogP contribution in [0.3, 0.4) is 0 Å². The van der Waals surface area contributed by atoms with Gasteiger partial charge in [-0.3, -0.25) is 15.6 Å². The number of para-hydroxylation sites is 2. The lowest BCUT2D eigenvalue weighted by Gasteiger charge is -2.14. The molecular formula is C16H14FN3O2S. The van der Waals surface area contributed by atoms with Crippen LogP contribution in [0.4, 0.5) is 10.1 Å². The summed E-state index contributed by atoms with van der Waals surface area (Å²) < 4.78 is 19.1. The van der Waals surface area contributed by atoms with Crippen LogP contribution in [-0.2, 0) is 11.2 Å². The molecule has 118 valence electrons. The fraction of sp³-hybridized carbons (Fsp3) is 0.125. The van der Waals surface area contributed by atoms with Gasteiger partial charge >= 0.3 is 0 Å². The maximum Gasteiger partial charge on any atom is 0.279 e. The van der Waals surface area contributed by atoms with Crippen LogP contribution in [0.25, 0.3) is 0 Å². The second kappa shape index (κ2) is 6.62. The number of benzene rings is 2. The summed E-state index contributed by atoms with van der Waals surface area (Å²) >= 11 is 5.01. The monoisotopic (exact) mass is 331 g/mol. The highest BCUT2D eigenvalue weighted by atomic mass is 32.1. The van der Waals surface area contributed by atoms with Crippen molar-refractivity contribution < 1.29 is 13.9 Å². The first kappa shape index (κ1) is 15.2. The van der Waals surface area contributed by atoms with Crippen LogP contribution >= 0.6 is 12.2 Å². The Morgan fingerprint density at radius 2 is 1.87 bits per heavy atom. The van der Waals surface area contributed by atoms with E-state index in [1.54, 1.807) is 18.2 Å². The fourth-order valence-electron chi connectivity index (χ4n) is 2.24. The van der Waals surface area contributed by atoms with Crippen molar-refractivity contribution in [2.24, 2.45) is 0 Å². The summed E-state index contributed by atoms with van der Waals surface area (Å²) in [6.45, 7) is 0. The van der Waals surface area contributed by atoms with Crippen LogP contribution in [0.15, 0.2) is 48.5 Å². The highest BCUT2D eigenvalue weighted by molar-refractivity contribution is 7.80. The minimum atomic E-state index is -0.615. The number of anilines is 1. The van der Waals surface area contributed by atoms with Crippen molar-refractivity contribution in [1.82, 2.24) is 10.9 Å². The Balaban J connectivity index is 1.50. The minimum absolute atomic E-state index is 0.0824. The van der Waals surface area contributed by atoms with Gasteiger partial charge in [-0.1, -0.05) is 30.3 Å². The van der Waals surface area contributed by atoms with E-state index in [4.69, 9.17) is 17.0 Å². The molecule has 2 aromatic rings. The van der Waals surface area contributed by atoms with Gasteiger partial charge in [-0.05, 0) is 36.0 Å². The standard InChI is InChI=1S/C16H14FN3O2S/c17-11-6-2-3-7-12(11)18-16(23)20-19-15(21)14-9-10-5-1-4-8-13(10)22-14/h1-8,14H,9H2,(H,19,21)(H2,18,20,23)/t14-/m0/s1. The van der Waals surface area contributed by atoms with Crippen molar-refractivity contribution in [3.63, 3.8) is 0 Å². The summed E-state index contributed by atoms with van der Waals surface area (Å²) in [5.41, 5.74) is 6.21. The Kier molecular flexibility index (Phi) is 4.38. The Morgan fingerprint density at radius 1 is 1.13 bits per heavy atom. The maximum absolute atomic E-state index is 13.5. The van der Waals surface area contributed by atoms with E-state index in [9.17, 15) is 9.18 Å². The third-order valence-electron chi connectivity index (χ3n) is 3.36. The number of ether oxygens (including phenoxy) is 1. The number of amides is 1. The Labute approximate surface area is 137 Å². The average Bonchev–Trinajstić information content (AvgIpc) is 2.99. The molecule has 3 N–H and O–H groups in total. The molecule has 0 fully saturated rings.